The first kappa shape index (κ1) is 25.3. The lowest BCUT2D eigenvalue weighted by molar-refractivity contribution is -0.194. The van der Waals surface area contributed by atoms with Gasteiger partial charge in [-0.05, 0) is 47.1 Å². The lowest BCUT2D eigenvalue weighted by Gasteiger charge is -2.43. The number of ether oxygens (including phenoxy) is 3. The largest absolute Gasteiger partial charge is 0.464 e. The van der Waals surface area contributed by atoms with E-state index in [1.165, 1.54) is 20.8 Å². The third-order valence-corrected chi connectivity index (χ3v) is 5.05. The van der Waals surface area contributed by atoms with Gasteiger partial charge in [-0.2, -0.15) is 0 Å². The van der Waals surface area contributed by atoms with E-state index in [0.717, 1.165) is 4.90 Å². The molecule has 0 spiro atoms. The summed E-state index contributed by atoms with van der Waals surface area (Å²) >= 11 is 0. The van der Waals surface area contributed by atoms with Gasteiger partial charge in [0, 0.05) is 0 Å². The lowest BCUT2D eigenvalue weighted by atomic mass is 9.80. The summed E-state index contributed by atoms with van der Waals surface area (Å²) < 4.78 is 15.8. The number of carbonyl (C=O) groups is 4. The molecule has 0 radical (unpaired) electrons. The fourth-order valence-electron chi connectivity index (χ4n) is 3.87. The summed E-state index contributed by atoms with van der Waals surface area (Å²) in [5.41, 5.74) is -5.44. The molecule has 1 aliphatic heterocycles. The van der Waals surface area contributed by atoms with Crippen LogP contribution in [0.25, 0.3) is 0 Å². The molecule has 1 aliphatic rings. The smallest absolute Gasteiger partial charge is 0.347 e. The molecule has 176 valence electrons. The second-order valence-corrected chi connectivity index (χ2v) is 8.71. The maximum atomic E-state index is 13.3. The van der Waals surface area contributed by atoms with Crippen molar-refractivity contribution in [1.29, 1.82) is 0 Å². The van der Waals surface area contributed by atoms with Crippen LogP contribution in [0.15, 0.2) is 30.3 Å². The van der Waals surface area contributed by atoms with Gasteiger partial charge in [0.15, 0.2) is 6.04 Å². The highest BCUT2D eigenvalue weighted by Crippen LogP contribution is 2.46. The molecule has 1 unspecified atom stereocenters. The summed E-state index contributed by atoms with van der Waals surface area (Å²) in [5.74, 6) is -4.03. The van der Waals surface area contributed by atoms with Gasteiger partial charge >= 0.3 is 17.9 Å². The minimum atomic E-state index is -2.60. The Morgan fingerprint density at radius 3 is 2.00 bits per heavy atom. The van der Waals surface area contributed by atoms with Gasteiger partial charge in [-0.25, -0.2) is 14.4 Å². The quantitative estimate of drug-likeness (QED) is 0.381. The van der Waals surface area contributed by atoms with Gasteiger partial charge in [0.05, 0.1) is 19.6 Å². The first-order chi connectivity index (χ1) is 14.8. The van der Waals surface area contributed by atoms with Gasteiger partial charge in [0.1, 0.15) is 11.2 Å². The first-order valence-electron chi connectivity index (χ1n) is 10.5. The van der Waals surface area contributed by atoms with Crippen molar-refractivity contribution in [2.24, 2.45) is 0 Å². The van der Waals surface area contributed by atoms with E-state index in [1.54, 1.807) is 51.1 Å². The van der Waals surface area contributed by atoms with Crippen LogP contribution in [0.1, 0.15) is 59.6 Å². The first-order valence-corrected chi connectivity index (χ1v) is 10.5. The van der Waals surface area contributed by atoms with E-state index in [0.29, 0.717) is 5.56 Å². The number of esters is 3. The summed E-state index contributed by atoms with van der Waals surface area (Å²) in [7, 11) is 0. The predicted octanol–water partition coefficient (Wildman–Crippen LogP) is 1.92. The highest BCUT2D eigenvalue weighted by molar-refractivity contribution is 6.13. The second-order valence-electron chi connectivity index (χ2n) is 8.71. The van der Waals surface area contributed by atoms with Crippen molar-refractivity contribution in [3.63, 3.8) is 0 Å². The Kier molecular flexibility index (Phi) is 7.34. The molecule has 1 aromatic rings. The van der Waals surface area contributed by atoms with Crippen LogP contribution in [-0.4, -0.2) is 63.8 Å². The maximum Gasteiger partial charge on any atom is 0.347 e. The van der Waals surface area contributed by atoms with Crippen molar-refractivity contribution >= 4 is 23.8 Å². The zero-order valence-electron chi connectivity index (χ0n) is 19.3. The van der Waals surface area contributed by atoms with E-state index in [9.17, 15) is 24.3 Å². The standard InChI is InChI=1S/C23H31NO8/c1-7-30-19(27)23(20(28)31-8-2)22(6,29)14-16(25)24(23)17(15-12-10-9-11-13-15)18(26)32-21(3,4)5/h9-13,17,29H,7-8,14H2,1-6H3/t17-,22?/m1/s1. The normalized spacial score (nSPS) is 21.1. The van der Waals surface area contributed by atoms with Crippen molar-refractivity contribution in [3.8, 4) is 0 Å². The Morgan fingerprint density at radius 2 is 1.56 bits per heavy atom. The van der Waals surface area contributed by atoms with E-state index in [2.05, 4.69) is 0 Å². The summed E-state index contributed by atoms with van der Waals surface area (Å²) in [5, 5.41) is 11.2. The zero-order chi connectivity index (χ0) is 24.3. The topological polar surface area (TPSA) is 119 Å². The summed E-state index contributed by atoms with van der Waals surface area (Å²) in [4.78, 5) is 53.9. The van der Waals surface area contributed by atoms with Crippen LogP contribution in [0.3, 0.4) is 0 Å². The molecule has 1 fully saturated rings. The van der Waals surface area contributed by atoms with Crippen molar-refractivity contribution in [3.05, 3.63) is 35.9 Å². The second kappa shape index (κ2) is 9.28. The molecule has 1 saturated heterocycles. The molecule has 1 aromatic carbocycles. The molecule has 0 aliphatic carbocycles. The highest BCUT2D eigenvalue weighted by Gasteiger charge is 2.73. The van der Waals surface area contributed by atoms with Crippen LogP contribution in [0.2, 0.25) is 0 Å². The minimum Gasteiger partial charge on any atom is -0.464 e. The van der Waals surface area contributed by atoms with Gasteiger partial charge < -0.3 is 19.3 Å². The van der Waals surface area contributed by atoms with Gasteiger partial charge in [0.25, 0.3) is 5.54 Å². The Morgan fingerprint density at radius 1 is 1.06 bits per heavy atom. The third kappa shape index (κ3) is 4.48. The molecule has 0 aromatic heterocycles. The fourth-order valence-corrected chi connectivity index (χ4v) is 3.87. The zero-order valence-corrected chi connectivity index (χ0v) is 19.3. The van der Waals surface area contributed by atoms with Gasteiger partial charge in [-0.3, -0.25) is 9.69 Å². The monoisotopic (exact) mass is 449 g/mol. The van der Waals surface area contributed by atoms with Crippen LogP contribution >= 0.6 is 0 Å². The average molecular weight is 450 g/mol. The fraction of sp³-hybridized carbons (Fsp3) is 0.565. The van der Waals surface area contributed by atoms with E-state index in [-0.39, 0.29) is 13.2 Å². The van der Waals surface area contributed by atoms with E-state index in [1.807, 2.05) is 0 Å². The minimum absolute atomic E-state index is 0.124. The van der Waals surface area contributed by atoms with E-state index >= 15 is 0 Å². The number of hydrogen-bond donors (Lipinski definition) is 1. The highest BCUT2D eigenvalue weighted by atomic mass is 16.6. The van der Waals surface area contributed by atoms with Crippen LogP contribution in [0, 0.1) is 0 Å². The van der Waals surface area contributed by atoms with E-state index < -0.39 is 53.0 Å². The Bertz CT molecular complexity index is 854. The number of nitrogens with zero attached hydrogens (tertiary/aromatic N) is 1. The Balaban J connectivity index is 2.82. The van der Waals surface area contributed by atoms with Gasteiger partial charge in [-0.15, -0.1) is 0 Å². The third-order valence-electron chi connectivity index (χ3n) is 5.05. The van der Waals surface area contributed by atoms with Crippen molar-refractivity contribution in [1.82, 2.24) is 4.90 Å². The molecule has 2 rings (SSSR count). The predicted molar refractivity (Wildman–Crippen MR) is 113 cm³/mol. The van der Waals surface area contributed by atoms with Crippen LogP contribution in [0.5, 0.6) is 0 Å². The number of aliphatic hydroxyl groups is 1. The molecule has 32 heavy (non-hydrogen) atoms. The number of hydrogen-bond acceptors (Lipinski definition) is 8. The molecular weight excluding hydrogens is 418 g/mol. The number of amides is 1. The van der Waals surface area contributed by atoms with Crippen LogP contribution in [0.4, 0.5) is 0 Å². The van der Waals surface area contributed by atoms with Gasteiger partial charge in [0.2, 0.25) is 5.91 Å². The molecule has 9 nitrogen and oxygen atoms in total. The lowest BCUT2D eigenvalue weighted by Crippen LogP contribution is -2.69. The van der Waals surface area contributed by atoms with Crippen LogP contribution in [-0.2, 0) is 33.4 Å². The van der Waals surface area contributed by atoms with Crippen molar-refractivity contribution in [2.75, 3.05) is 13.2 Å². The van der Waals surface area contributed by atoms with Crippen molar-refractivity contribution < 1.29 is 38.5 Å². The summed E-state index contributed by atoms with van der Waals surface area (Å²) in [6.07, 6.45) is -0.600. The van der Waals surface area contributed by atoms with Gasteiger partial charge in [-0.1, -0.05) is 30.3 Å². The SMILES string of the molecule is CCOC(=O)C1(C(=O)OCC)N([C@@H](C(=O)OC(C)(C)C)c2ccccc2)C(=O)CC1(C)O. The Labute approximate surface area is 187 Å². The number of rotatable bonds is 7. The number of likely N-dealkylation sites (tertiary alicyclic amines) is 1. The molecule has 9 heteroatoms. The average Bonchev–Trinajstić information content (AvgIpc) is 2.87. The molecule has 1 amide bonds. The van der Waals surface area contributed by atoms with Crippen LogP contribution < -0.4 is 0 Å². The summed E-state index contributed by atoms with van der Waals surface area (Å²) in [6, 6.07) is 6.61. The molecular formula is C23H31NO8. The van der Waals surface area contributed by atoms with Crippen molar-refractivity contribution in [2.45, 2.75) is 70.7 Å². The number of carbonyl (C=O) groups excluding carboxylic acids is 4. The number of benzene rings is 1. The maximum absolute atomic E-state index is 13.3. The molecule has 0 saturated carbocycles. The molecule has 1 heterocycles. The Hall–Kier alpha value is -2.94. The molecule has 2 atom stereocenters. The molecule has 0 bridgehead atoms. The molecule has 1 N–H and O–H groups in total. The van der Waals surface area contributed by atoms with E-state index in [4.69, 9.17) is 14.2 Å². The summed E-state index contributed by atoms with van der Waals surface area (Å²) in [6.45, 7) is 8.93.